The summed E-state index contributed by atoms with van der Waals surface area (Å²) < 4.78 is 47.8. The van der Waals surface area contributed by atoms with Crippen molar-refractivity contribution in [1.82, 2.24) is 18.8 Å². The molecule has 12 heteroatoms. The van der Waals surface area contributed by atoms with Crippen LogP contribution in [0.3, 0.4) is 0 Å². The number of nitrogens with zero attached hydrogens (tertiary/aromatic N) is 4. The number of benzene rings is 2. The van der Waals surface area contributed by atoms with E-state index in [2.05, 4.69) is 15.3 Å². The number of nitrogens with one attached hydrogen (secondary N) is 1. The van der Waals surface area contributed by atoms with E-state index in [1.165, 1.54) is 27.1 Å². The molecule has 206 valence electrons. The smallest absolute Gasteiger partial charge is 0.294 e. The lowest BCUT2D eigenvalue weighted by Gasteiger charge is -2.31. The molecular formula is C27H29ClFN5O4S. The Labute approximate surface area is 232 Å². The maximum atomic E-state index is 13.4. The van der Waals surface area contributed by atoms with E-state index in [1.54, 1.807) is 26.2 Å². The lowest BCUT2D eigenvalue weighted by atomic mass is 10.1. The van der Waals surface area contributed by atoms with Crippen molar-refractivity contribution in [2.75, 3.05) is 18.4 Å². The highest BCUT2D eigenvalue weighted by Gasteiger charge is 2.28. The van der Waals surface area contributed by atoms with Crippen LogP contribution >= 0.6 is 12.4 Å². The SMILES string of the molecule is Cc1cc(F)ccc1Oc1cc2cnc(NC3CCN(S(=O)(=O)Cc4ccccc4)CC3)nc2n(C)c1=O.Cl. The predicted octanol–water partition coefficient (Wildman–Crippen LogP) is 4.40. The van der Waals surface area contributed by atoms with Crippen LogP contribution in [-0.2, 0) is 22.8 Å². The van der Waals surface area contributed by atoms with Gasteiger partial charge in [0.15, 0.2) is 5.75 Å². The molecule has 0 saturated carbocycles. The third-order valence-electron chi connectivity index (χ3n) is 6.64. The molecule has 0 radical (unpaired) electrons. The first kappa shape index (κ1) is 28.5. The fourth-order valence-corrected chi connectivity index (χ4v) is 6.11. The van der Waals surface area contributed by atoms with Gasteiger partial charge in [0.1, 0.15) is 17.2 Å². The molecule has 2 aromatic heterocycles. The van der Waals surface area contributed by atoms with E-state index in [4.69, 9.17) is 4.74 Å². The van der Waals surface area contributed by atoms with E-state index in [-0.39, 0.29) is 41.3 Å². The number of pyridine rings is 1. The van der Waals surface area contributed by atoms with Gasteiger partial charge in [-0.2, -0.15) is 4.98 Å². The number of sulfonamides is 1. The molecule has 1 aliphatic heterocycles. The Kier molecular flexibility index (Phi) is 8.53. The second kappa shape index (κ2) is 11.7. The van der Waals surface area contributed by atoms with E-state index in [0.29, 0.717) is 54.2 Å². The molecule has 0 unspecified atom stereocenters. The molecule has 4 aromatic rings. The van der Waals surface area contributed by atoms with Crippen LogP contribution in [-0.4, -0.2) is 46.4 Å². The zero-order chi connectivity index (χ0) is 26.9. The minimum Gasteiger partial charge on any atom is -0.451 e. The van der Waals surface area contributed by atoms with E-state index in [1.807, 2.05) is 30.3 Å². The zero-order valence-electron chi connectivity index (χ0n) is 21.5. The van der Waals surface area contributed by atoms with Gasteiger partial charge < -0.3 is 10.1 Å². The van der Waals surface area contributed by atoms with Crippen LogP contribution in [0.25, 0.3) is 11.0 Å². The maximum absolute atomic E-state index is 13.4. The van der Waals surface area contributed by atoms with Crippen molar-refractivity contribution in [1.29, 1.82) is 0 Å². The molecule has 0 bridgehead atoms. The van der Waals surface area contributed by atoms with Crippen molar-refractivity contribution < 1.29 is 17.5 Å². The van der Waals surface area contributed by atoms with Gasteiger partial charge in [0.25, 0.3) is 5.56 Å². The van der Waals surface area contributed by atoms with Crippen LogP contribution in [0.2, 0.25) is 0 Å². The van der Waals surface area contributed by atoms with E-state index >= 15 is 0 Å². The monoisotopic (exact) mass is 573 g/mol. The number of ether oxygens (including phenoxy) is 1. The molecule has 5 rings (SSSR count). The predicted molar refractivity (Wildman–Crippen MR) is 151 cm³/mol. The number of hydrogen-bond acceptors (Lipinski definition) is 7. The average molecular weight is 574 g/mol. The first-order valence-corrected chi connectivity index (χ1v) is 13.9. The molecular weight excluding hydrogens is 545 g/mol. The van der Waals surface area contributed by atoms with Gasteiger partial charge in [-0.15, -0.1) is 12.4 Å². The summed E-state index contributed by atoms with van der Waals surface area (Å²) >= 11 is 0. The molecule has 2 aromatic carbocycles. The Balaban J connectivity index is 0.00000353. The summed E-state index contributed by atoms with van der Waals surface area (Å²) in [5, 5.41) is 3.89. The van der Waals surface area contributed by atoms with Crippen molar-refractivity contribution in [2.45, 2.75) is 31.6 Å². The Morgan fingerprint density at radius 1 is 1.08 bits per heavy atom. The minimum atomic E-state index is -3.40. The zero-order valence-corrected chi connectivity index (χ0v) is 23.1. The molecule has 0 atom stereocenters. The topological polar surface area (TPSA) is 106 Å². The van der Waals surface area contributed by atoms with Gasteiger partial charge >= 0.3 is 0 Å². The van der Waals surface area contributed by atoms with E-state index < -0.39 is 10.0 Å². The van der Waals surface area contributed by atoms with Crippen LogP contribution in [0.1, 0.15) is 24.0 Å². The standard InChI is InChI=1S/C27H28FN5O4S.ClH/c1-18-14-21(28)8-9-23(18)37-24-15-20-16-29-27(31-25(20)32(2)26(24)34)30-22-10-12-33(13-11-22)38(35,36)17-19-6-4-3-5-7-19;/h3-9,14-16,22H,10-13,17H2,1-2H3,(H,29,30,31);1H. The van der Waals surface area contributed by atoms with Gasteiger partial charge in [-0.1, -0.05) is 30.3 Å². The highest BCUT2D eigenvalue weighted by molar-refractivity contribution is 7.88. The fourth-order valence-electron chi connectivity index (χ4n) is 4.54. The second-order valence-corrected chi connectivity index (χ2v) is 11.4. The van der Waals surface area contributed by atoms with Crippen LogP contribution in [0.15, 0.2) is 65.6 Å². The normalized spacial score (nSPS) is 14.6. The first-order valence-electron chi connectivity index (χ1n) is 12.3. The Hall–Kier alpha value is -3.54. The summed E-state index contributed by atoms with van der Waals surface area (Å²) in [6, 6.07) is 14.8. The van der Waals surface area contributed by atoms with Crippen LogP contribution in [0.4, 0.5) is 10.3 Å². The highest BCUT2D eigenvalue weighted by atomic mass is 35.5. The summed E-state index contributed by atoms with van der Waals surface area (Å²) in [7, 11) is -1.80. The Morgan fingerprint density at radius 2 is 1.79 bits per heavy atom. The molecule has 3 heterocycles. The summed E-state index contributed by atoms with van der Waals surface area (Å²) in [5.74, 6) is 0.442. The van der Waals surface area contributed by atoms with Gasteiger partial charge in [0.05, 0.1) is 5.75 Å². The lowest BCUT2D eigenvalue weighted by Crippen LogP contribution is -2.43. The van der Waals surface area contributed by atoms with Crippen molar-refractivity contribution in [3.63, 3.8) is 0 Å². The highest BCUT2D eigenvalue weighted by Crippen LogP contribution is 2.26. The molecule has 0 spiro atoms. The number of anilines is 1. The number of halogens is 2. The molecule has 39 heavy (non-hydrogen) atoms. The van der Waals surface area contributed by atoms with Crippen LogP contribution in [0.5, 0.6) is 11.5 Å². The number of piperidine rings is 1. The quantitative estimate of drug-likeness (QED) is 0.349. The van der Waals surface area contributed by atoms with Crippen LogP contribution < -0.4 is 15.6 Å². The molecule has 9 nitrogen and oxygen atoms in total. The molecule has 1 aliphatic rings. The van der Waals surface area contributed by atoms with Gasteiger partial charge in [0, 0.05) is 37.8 Å². The third kappa shape index (κ3) is 6.38. The van der Waals surface area contributed by atoms with Crippen molar-refractivity contribution in [3.05, 3.63) is 88.1 Å². The Bertz CT molecular complexity index is 1640. The first-order chi connectivity index (χ1) is 18.2. The summed E-state index contributed by atoms with van der Waals surface area (Å²) in [5.41, 5.74) is 1.38. The number of fused-ring (bicyclic) bond motifs is 1. The van der Waals surface area contributed by atoms with Crippen molar-refractivity contribution >= 4 is 39.4 Å². The van der Waals surface area contributed by atoms with Crippen molar-refractivity contribution in [3.8, 4) is 11.5 Å². The molecule has 0 amide bonds. The minimum absolute atomic E-state index is 0. The molecule has 1 saturated heterocycles. The molecule has 0 aliphatic carbocycles. The average Bonchev–Trinajstić information content (AvgIpc) is 2.89. The van der Waals surface area contributed by atoms with E-state index in [0.717, 1.165) is 5.56 Å². The van der Waals surface area contributed by atoms with Crippen LogP contribution in [0, 0.1) is 12.7 Å². The lowest BCUT2D eigenvalue weighted by molar-refractivity contribution is 0.329. The fraction of sp³-hybridized carbons (Fsp3) is 0.296. The summed E-state index contributed by atoms with van der Waals surface area (Å²) in [6.07, 6.45) is 2.82. The maximum Gasteiger partial charge on any atom is 0.294 e. The molecule has 1 fully saturated rings. The van der Waals surface area contributed by atoms with E-state index in [9.17, 15) is 17.6 Å². The van der Waals surface area contributed by atoms with Gasteiger partial charge in [-0.3, -0.25) is 9.36 Å². The van der Waals surface area contributed by atoms with Gasteiger partial charge in [0.2, 0.25) is 16.0 Å². The van der Waals surface area contributed by atoms with Gasteiger partial charge in [-0.05, 0) is 55.2 Å². The number of rotatable bonds is 7. The third-order valence-corrected chi connectivity index (χ3v) is 8.50. The number of aryl methyl sites for hydroxylation is 2. The van der Waals surface area contributed by atoms with Crippen molar-refractivity contribution in [2.24, 2.45) is 7.05 Å². The number of aromatic nitrogens is 3. The van der Waals surface area contributed by atoms with Gasteiger partial charge in [-0.25, -0.2) is 22.1 Å². The molecule has 1 N–H and O–H groups in total. The largest absolute Gasteiger partial charge is 0.451 e. The number of hydrogen-bond donors (Lipinski definition) is 1. The Morgan fingerprint density at radius 3 is 2.49 bits per heavy atom. The summed E-state index contributed by atoms with van der Waals surface area (Å²) in [4.78, 5) is 21.9. The summed E-state index contributed by atoms with van der Waals surface area (Å²) in [6.45, 7) is 2.51. The second-order valence-electron chi connectivity index (χ2n) is 9.42.